The van der Waals surface area contributed by atoms with Gasteiger partial charge in [0.25, 0.3) is 0 Å². The van der Waals surface area contributed by atoms with Crippen molar-refractivity contribution in [3.05, 3.63) is 150 Å². The average molecular weight is 677 g/mol. The third-order valence-electron chi connectivity index (χ3n) is 7.11. The zero-order chi connectivity index (χ0) is 32.7. The van der Waals surface area contributed by atoms with Gasteiger partial charge in [0.2, 0.25) is 0 Å². The molecule has 4 heteroatoms. The number of phenols is 2. The third-order valence-corrected chi connectivity index (χ3v) is 7.11. The summed E-state index contributed by atoms with van der Waals surface area (Å²) in [6.07, 6.45) is 0. The van der Waals surface area contributed by atoms with Crippen LogP contribution in [0.1, 0.15) is 74.9 Å². The van der Waals surface area contributed by atoms with Gasteiger partial charge in [-0.25, -0.2) is 4.98 Å². The van der Waals surface area contributed by atoms with Crippen LogP contribution in [0.15, 0.2) is 103 Å². The normalized spacial score (nSPS) is 10.8. The molecular formula is C41H47NO2Zr. The molecule has 0 aliphatic rings. The predicted octanol–water partition coefficient (Wildman–Crippen LogP) is 10.8. The van der Waals surface area contributed by atoms with Crippen LogP contribution in [0.5, 0.6) is 11.5 Å². The first-order valence-electron chi connectivity index (χ1n) is 15.0. The molecule has 0 amide bonds. The van der Waals surface area contributed by atoms with Crippen molar-refractivity contribution < 1.29 is 36.4 Å². The minimum atomic E-state index is -0.182. The maximum atomic E-state index is 11.0. The van der Waals surface area contributed by atoms with Crippen LogP contribution < -0.4 is 0 Å². The van der Waals surface area contributed by atoms with Crippen LogP contribution in [0.2, 0.25) is 0 Å². The summed E-state index contributed by atoms with van der Waals surface area (Å²) in [6.45, 7) is 24.1. The van der Waals surface area contributed by atoms with Crippen LogP contribution >= 0.6 is 0 Å². The van der Waals surface area contributed by atoms with Crippen molar-refractivity contribution in [2.45, 2.75) is 66.2 Å². The van der Waals surface area contributed by atoms with Crippen LogP contribution in [-0.2, 0) is 37.0 Å². The van der Waals surface area contributed by atoms with E-state index < -0.39 is 0 Å². The van der Waals surface area contributed by atoms with Gasteiger partial charge in [-0.1, -0.05) is 71.9 Å². The molecule has 4 aromatic carbocycles. The predicted molar refractivity (Wildman–Crippen MR) is 187 cm³/mol. The Labute approximate surface area is 290 Å². The molecule has 0 aliphatic carbocycles. The van der Waals surface area contributed by atoms with Gasteiger partial charge in [-0.05, 0) is 60.1 Å². The van der Waals surface area contributed by atoms with Crippen LogP contribution in [0.4, 0.5) is 0 Å². The summed E-state index contributed by atoms with van der Waals surface area (Å²) in [5.74, 6) is 0.531. The quantitative estimate of drug-likeness (QED) is 0.183. The molecule has 0 aliphatic heterocycles. The van der Waals surface area contributed by atoms with Crippen molar-refractivity contribution in [2.75, 3.05) is 0 Å². The Kier molecular flexibility index (Phi) is 13.3. The van der Waals surface area contributed by atoms with E-state index in [1.165, 1.54) is 0 Å². The van der Waals surface area contributed by atoms with Crippen molar-refractivity contribution in [1.29, 1.82) is 0 Å². The molecular weight excluding hydrogens is 630 g/mol. The summed E-state index contributed by atoms with van der Waals surface area (Å²) in [4.78, 5) is 4.84. The van der Waals surface area contributed by atoms with Crippen molar-refractivity contribution >= 4 is 0 Å². The zero-order valence-corrected chi connectivity index (χ0v) is 30.5. The molecule has 0 bridgehead atoms. The Morgan fingerprint density at radius 2 is 0.844 bits per heavy atom. The van der Waals surface area contributed by atoms with Crippen molar-refractivity contribution in [3.8, 4) is 34.0 Å². The minimum absolute atomic E-state index is 0. The number of aromatic nitrogens is 1. The Morgan fingerprint density at radius 1 is 0.511 bits per heavy atom. The first kappa shape index (κ1) is 37.4. The van der Waals surface area contributed by atoms with E-state index in [1.54, 1.807) is 0 Å². The van der Waals surface area contributed by atoms with E-state index >= 15 is 0 Å². The number of rotatable bonds is 2. The number of pyridine rings is 1. The van der Waals surface area contributed by atoms with Gasteiger partial charge >= 0.3 is 26.2 Å². The fourth-order valence-electron chi connectivity index (χ4n) is 4.78. The molecule has 3 nitrogen and oxygen atoms in total. The number of benzene rings is 4. The standard InChI is InChI=1S/C27H33NO2.2C7H7.Zr/c1-16-12-18(24(29)20(14-16)26(3,4)5)22-10-9-11-23(28-22)19-13-17(2)15-21(25(19)30)27(6,7)8;2*1-7-5-3-2-4-6-7;/h9-15,29-30H,1-8H3;2*2-6H,1H2;/q;2*-1;+2. The van der Waals surface area contributed by atoms with Gasteiger partial charge in [-0.3, -0.25) is 0 Å². The van der Waals surface area contributed by atoms with Gasteiger partial charge in [-0.15, -0.1) is 24.3 Å². The summed E-state index contributed by atoms with van der Waals surface area (Å²) < 4.78 is 0. The molecule has 5 rings (SSSR count). The van der Waals surface area contributed by atoms with E-state index in [1.807, 2.05) is 117 Å². The molecule has 1 aromatic heterocycles. The number of hydrogen-bond donors (Lipinski definition) is 2. The number of phenolic OH excluding ortho intramolecular Hbond substituents is 2. The summed E-state index contributed by atoms with van der Waals surface area (Å²) in [7, 11) is 0. The van der Waals surface area contributed by atoms with E-state index in [4.69, 9.17) is 4.98 Å². The van der Waals surface area contributed by atoms with Gasteiger partial charge in [0.15, 0.2) is 0 Å². The van der Waals surface area contributed by atoms with Gasteiger partial charge in [-0.2, -0.15) is 49.2 Å². The number of aromatic hydroxyl groups is 2. The first-order valence-corrected chi connectivity index (χ1v) is 15.0. The second-order valence-electron chi connectivity index (χ2n) is 13.3. The van der Waals surface area contributed by atoms with E-state index in [0.29, 0.717) is 22.5 Å². The molecule has 45 heavy (non-hydrogen) atoms. The van der Waals surface area contributed by atoms with Gasteiger partial charge in [0.1, 0.15) is 11.5 Å². The summed E-state index contributed by atoms with van der Waals surface area (Å²) in [6, 6.07) is 33.5. The van der Waals surface area contributed by atoms with E-state index in [9.17, 15) is 10.2 Å². The van der Waals surface area contributed by atoms with E-state index in [2.05, 4.69) is 55.4 Å². The van der Waals surface area contributed by atoms with Crippen LogP contribution in [0.3, 0.4) is 0 Å². The second kappa shape index (κ2) is 16.0. The molecule has 1 heterocycles. The molecule has 5 aromatic rings. The monoisotopic (exact) mass is 675 g/mol. The van der Waals surface area contributed by atoms with Gasteiger partial charge in [0, 0.05) is 22.3 Å². The topological polar surface area (TPSA) is 53.4 Å². The molecule has 0 saturated carbocycles. The minimum Gasteiger partial charge on any atom is -0.507 e. The van der Waals surface area contributed by atoms with Crippen molar-refractivity contribution in [3.63, 3.8) is 0 Å². The SMILES string of the molecule is Cc1cc(-c2cccc(-c3cc(C)cc(C(C)(C)C)c3O)n2)c(O)c(C(C)(C)C)c1.[CH2-]c1ccccc1.[CH2-]c1ccccc1.[Zr+2]. The first-order chi connectivity index (χ1) is 20.6. The largest absolute Gasteiger partial charge is 2.00 e. The van der Waals surface area contributed by atoms with Crippen LogP contribution in [0.25, 0.3) is 22.5 Å². The molecule has 0 saturated heterocycles. The Morgan fingerprint density at radius 3 is 1.11 bits per heavy atom. The van der Waals surface area contributed by atoms with Gasteiger partial charge < -0.3 is 10.2 Å². The summed E-state index contributed by atoms with van der Waals surface area (Å²) in [5.41, 5.74) is 8.55. The Bertz CT molecular complexity index is 1540. The fourth-order valence-corrected chi connectivity index (χ4v) is 4.78. The van der Waals surface area contributed by atoms with Crippen molar-refractivity contribution in [1.82, 2.24) is 4.98 Å². The smallest absolute Gasteiger partial charge is 0.507 e. The summed E-state index contributed by atoms with van der Waals surface area (Å²) >= 11 is 0. The molecule has 0 spiro atoms. The average Bonchev–Trinajstić information content (AvgIpc) is 2.95. The fraction of sp³-hybridized carbons (Fsp3) is 0.244. The Balaban J connectivity index is 0.000000384. The summed E-state index contributed by atoms with van der Waals surface area (Å²) in [5, 5.41) is 22.0. The molecule has 0 fully saturated rings. The second-order valence-corrected chi connectivity index (χ2v) is 13.3. The van der Waals surface area contributed by atoms with Crippen molar-refractivity contribution in [2.24, 2.45) is 0 Å². The number of nitrogens with zero attached hydrogens (tertiary/aromatic N) is 1. The van der Waals surface area contributed by atoms with E-state index in [0.717, 1.165) is 33.4 Å². The number of hydrogen-bond acceptors (Lipinski definition) is 3. The Hall–Kier alpha value is -3.75. The van der Waals surface area contributed by atoms with E-state index in [-0.39, 0.29) is 48.5 Å². The van der Waals surface area contributed by atoms with Gasteiger partial charge in [0.05, 0.1) is 11.4 Å². The maximum Gasteiger partial charge on any atom is 2.00 e. The molecule has 2 N–H and O–H groups in total. The third kappa shape index (κ3) is 10.7. The van der Waals surface area contributed by atoms with Crippen LogP contribution in [-0.4, -0.2) is 15.2 Å². The molecule has 0 atom stereocenters. The molecule has 232 valence electrons. The van der Waals surface area contributed by atoms with Crippen LogP contribution in [0, 0.1) is 27.7 Å². The molecule has 0 radical (unpaired) electrons. The molecule has 0 unspecified atom stereocenters. The zero-order valence-electron chi connectivity index (χ0n) is 28.1. The number of aryl methyl sites for hydroxylation is 2. The maximum absolute atomic E-state index is 11.0.